The van der Waals surface area contributed by atoms with Crippen molar-refractivity contribution in [3.63, 3.8) is 0 Å². The fraction of sp³-hybridized carbons (Fsp3) is 0.273. The number of aliphatic carboxylic acids is 1. The molecule has 1 unspecified atom stereocenters. The molecule has 1 aromatic rings. The van der Waals surface area contributed by atoms with E-state index in [1.54, 1.807) is 6.07 Å². The molecular formula is C11H11ClN2O3. The van der Waals surface area contributed by atoms with E-state index in [0.29, 0.717) is 16.3 Å². The summed E-state index contributed by atoms with van der Waals surface area (Å²) in [5.74, 6) is -2.05. The first kappa shape index (κ1) is 11.9. The Hall–Kier alpha value is -1.59. The Morgan fingerprint density at radius 1 is 1.59 bits per heavy atom. The molecule has 0 aromatic heterocycles. The zero-order chi connectivity index (χ0) is 12.6. The van der Waals surface area contributed by atoms with Gasteiger partial charge in [0, 0.05) is 17.3 Å². The van der Waals surface area contributed by atoms with Gasteiger partial charge in [0.15, 0.2) is 0 Å². The summed E-state index contributed by atoms with van der Waals surface area (Å²) in [6.07, 6.45) is 0.222. The Morgan fingerprint density at radius 3 is 2.88 bits per heavy atom. The molecule has 0 spiro atoms. The molecule has 1 aliphatic heterocycles. The van der Waals surface area contributed by atoms with E-state index in [9.17, 15) is 9.59 Å². The minimum absolute atomic E-state index is 0.0437. The maximum atomic E-state index is 11.3. The van der Waals surface area contributed by atoms with Crippen LogP contribution in [0, 0.1) is 0 Å². The number of fused-ring (bicyclic) bond motifs is 1. The predicted molar refractivity (Wildman–Crippen MR) is 63.2 cm³/mol. The first-order chi connectivity index (χ1) is 8.02. The van der Waals surface area contributed by atoms with Gasteiger partial charge in [0.2, 0.25) is 5.91 Å². The van der Waals surface area contributed by atoms with E-state index in [-0.39, 0.29) is 18.9 Å². The monoisotopic (exact) mass is 254 g/mol. The second kappa shape index (κ2) is 4.35. The number of amides is 1. The molecule has 0 saturated heterocycles. The maximum Gasteiger partial charge on any atom is 0.312 e. The van der Waals surface area contributed by atoms with Crippen LogP contribution in [-0.2, 0) is 16.0 Å². The topological polar surface area (TPSA) is 92.4 Å². The number of nitrogens with two attached hydrogens (primary N) is 1. The standard InChI is InChI=1S/C11H11ClN2O3/c12-6-1-5-2-9(15)14-10(5)7(3-6)8(4-13)11(16)17/h1,3,8H,2,4,13H2,(H,14,15)(H,16,17). The number of carboxylic acids is 1. The number of carbonyl (C=O) groups excluding carboxylic acids is 1. The van der Waals surface area contributed by atoms with Crippen LogP contribution in [0.25, 0.3) is 0 Å². The maximum absolute atomic E-state index is 11.3. The minimum atomic E-state index is -1.03. The lowest BCUT2D eigenvalue weighted by Crippen LogP contribution is -2.22. The highest BCUT2D eigenvalue weighted by Crippen LogP contribution is 2.35. The molecule has 6 heteroatoms. The minimum Gasteiger partial charge on any atom is -0.481 e. The van der Waals surface area contributed by atoms with E-state index in [1.807, 2.05) is 0 Å². The van der Waals surface area contributed by atoms with Crippen LogP contribution in [0.2, 0.25) is 5.02 Å². The van der Waals surface area contributed by atoms with Crippen molar-refractivity contribution in [1.29, 1.82) is 0 Å². The van der Waals surface area contributed by atoms with E-state index in [2.05, 4.69) is 5.32 Å². The Bertz CT molecular complexity index is 502. The number of hydrogen-bond donors (Lipinski definition) is 3. The second-order valence-corrected chi connectivity index (χ2v) is 4.32. The highest BCUT2D eigenvalue weighted by atomic mass is 35.5. The zero-order valence-corrected chi connectivity index (χ0v) is 9.62. The van der Waals surface area contributed by atoms with E-state index < -0.39 is 11.9 Å². The van der Waals surface area contributed by atoms with Gasteiger partial charge in [-0.1, -0.05) is 11.6 Å². The molecule has 90 valence electrons. The van der Waals surface area contributed by atoms with Gasteiger partial charge in [0.25, 0.3) is 0 Å². The number of anilines is 1. The highest BCUT2D eigenvalue weighted by Gasteiger charge is 2.28. The normalized spacial score (nSPS) is 15.3. The Morgan fingerprint density at radius 2 is 2.29 bits per heavy atom. The highest BCUT2D eigenvalue weighted by molar-refractivity contribution is 6.31. The number of rotatable bonds is 3. The lowest BCUT2D eigenvalue weighted by atomic mass is 9.95. The average Bonchev–Trinajstić information content (AvgIpc) is 2.58. The molecule has 17 heavy (non-hydrogen) atoms. The molecule has 4 N–H and O–H groups in total. The average molecular weight is 255 g/mol. The van der Waals surface area contributed by atoms with Gasteiger partial charge >= 0.3 is 5.97 Å². The largest absolute Gasteiger partial charge is 0.481 e. The number of benzene rings is 1. The molecule has 0 fully saturated rings. The predicted octanol–water partition coefficient (Wildman–Crippen LogP) is 0.962. The summed E-state index contributed by atoms with van der Waals surface area (Å²) in [6, 6.07) is 3.20. The van der Waals surface area contributed by atoms with E-state index in [1.165, 1.54) is 6.07 Å². The van der Waals surface area contributed by atoms with E-state index >= 15 is 0 Å². The lowest BCUT2D eigenvalue weighted by molar-refractivity contribution is -0.138. The summed E-state index contributed by atoms with van der Waals surface area (Å²) < 4.78 is 0. The van der Waals surface area contributed by atoms with Crippen LogP contribution in [-0.4, -0.2) is 23.5 Å². The molecule has 0 radical (unpaired) electrons. The first-order valence-electron chi connectivity index (χ1n) is 5.08. The second-order valence-electron chi connectivity index (χ2n) is 3.88. The molecule has 0 saturated carbocycles. The van der Waals surface area contributed by atoms with Crippen molar-refractivity contribution in [3.05, 3.63) is 28.3 Å². The molecule has 1 heterocycles. The molecule has 5 nitrogen and oxygen atoms in total. The van der Waals surface area contributed by atoms with Crippen LogP contribution in [0.3, 0.4) is 0 Å². The molecule has 1 atom stereocenters. The molecule has 0 bridgehead atoms. The smallest absolute Gasteiger partial charge is 0.312 e. The van der Waals surface area contributed by atoms with Crippen molar-refractivity contribution in [2.45, 2.75) is 12.3 Å². The van der Waals surface area contributed by atoms with Gasteiger partial charge in [0.05, 0.1) is 12.3 Å². The van der Waals surface area contributed by atoms with Gasteiger partial charge in [-0.05, 0) is 23.3 Å². The van der Waals surface area contributed by atoms with E-state index in [0.717, 1.165) is 5.56 Å². The SMILES string of the molecule is NCC(C(=O)O)c1cc(Cl)cc2c1NC(=O)C2. The van der Waals surface area contributed by atoms with Crippen LogP contribution in [0.4, 0.5) is 5.69 Å². The van der Waals surface area contributed by atoms with Gasteiger partial charge in [0.1, 0.15) is 0 Å². The molecule has 1 aliphatic rings. The summed E-state index contributed by atoms with van der Waals surface area (Å²) in [5.41, 5.74) is 7.17. The lowest BCUT2D eigenvalue weighted by Gasteiger charge is -2.15. The van der Waals surface area contributed by atoms with Crippen molar-refractivity contribution in [2.24, 2.45) is 5.73 Å². The summed E-state index contributed by atoms with van der Waals surface area (Å²) in [6.45, 7) is -0.0437. The molecule has 1 aromatic carbocycles. The van der Waals surface area contributed by atoms with Crippen LogP contribution >= 0.6 is 11.6 Å². The van der Waals surface area contributed by atoms with Gasteiger partial charge < -0.3 is 16.2 Å². The summed E-state index contributed by atoms with van der Waals surface area (Å²) in [5, 5.41) is 12.1. The van der Waals surface area contributed by atoms with Crippen molar-refractivity contribution >= 4 is 29.2 Å². The van der Waals surface area contributed by atoms with Gasteiger partial charge in [-0.15, -0.1) is 0 Å². The quantitative estimate of drug-likeness (QED) is 0.749. The molecule has 1 amide bonds. The summed E-state index contributed by atoms with van der Waals surface area (Å²) >= 11 is 5.91. The number of carbonyl (C=O) groups is 2. The third-order valence-electron chi connectivity index (χ3n) is 2.74. The fourth-order valence-electron chi connectivity index (χ4n) is 1.97. The van der Waals surface area contributed by atoms with Crippen LogP contribution in [0.15, 0.2) is 12.1 Å². The van der Waals surface area contributed by atoms with Gasteiger partial charge in [-0.3, -0.25) is 9.59 Å². The van der Waals surface area contributed by atoms with Gasteiger partial charge in [-0.25, -0.2) is 0 Å². The molecular weight excluding hydrogens is 244 g/mol. The zero-order valence-electron chi connectivity index (χ0n) is 8.87. The van der Waals surface area contributed by atoms with Gasteiger partial charge in [-0.2, -0.15) is 0 Å². The van der Waals surface area contributed by atoms with Crippen molar-refractivity contribution in [3.8, 4) is 0 Å². The third-order valence-corrected chi connectivity index (χ3v) is 2.96. The molecule has 2 rings (SSSR count). The van der Waals surface area contributed by atoms with Crippen LogP contribution < -0.4 is 11.1 Å². The Kier molecular flexibility index (Phi) is 3.04. The fourth-order valence-corrected chi connectivity index (χ4v) is 2.22. The number of halogens is 1. The third kappa shape index (κ3) is 2.11. The first-order valence-corrected chi connectivity index (χ1v) is 5.45. The van der Waals surface area contributed by atoms with E-state index in [4.69, 9.17) is 22.4 Å². The molecule has 0 aliphatic carbocycles. The summed E-state index contributed by atoms with van der Waals surface area (Å²) in [7, 11) is 0. The number of nitrogens with one attached hydrogen (secondary N) is 1. The number of carboxylic acid groups (broad SMARTS) is 1. The summed E-state index contributed by atoms with van der Waals surface area (Å²) in [4.78, 5) is 22.4. The van der Waals surface area contributed by atoms with Crippen LogP contribution in [0.1, 0.15) is 17.0 Å². The Balaban J connectivity index is 2.54. The van der Waals surface area contributed by atoms with Crippen molar-refractivity contribution < 1.29 is 14.7 Å². The number of hydrogen-bond acceptors (Lipinski definition) is 3. The van der Waals surface area contributed by atoms with Crippen molar-refractivity contribution in [1.82, 2.24) is 0 Å². The van der Waals surface area contributed by atoms with Crippen LogP contribution in [0.5, 0.6) is 0 Å². The van der Waals surface area contributed by atoms with Crippen molar-refractivity contribution in [2.75, 3.05) is 11.9 Å². The Labute approximate surface area is 103 Å².